The molecule has 1 rings (SSSR count). The Kier molecular flexibility index (Phi) is 5.35. The minimum atomic E-state index is -3.12. The summed E-state index contributed by atoms with van der Waals surface area (Å²) in [7, 11) is -3.12. The van der Waals surface area contributed by atoms with Crippen LogP contribution < -0.4 is 11.1 Å². The fraction of sp³-hybridized carbons (Fsp3) is 0.462. The number of hydrogen-bond donors (Lipinski definition) is 2. The molecule has 1 aromatic rings. The summed E-state index contributed by atoms with van der Waals surface area (Å²) in [6, 6.07) is 5.16. The van der Waals surface area contributed by atoms with E-state index in [1.54, 1.807) is 25.1 Å². The standard InChI is InChI=1S/C13H20N2O3S/c1-3-7-19(17,18)8-6-13(16)15-12-5-4-11(14)9-10(12)2/h4-5,9H,3,6-8,14H2,1-2H3,(H,15,16). The second-order valence-electron chi connectivity index (χ2n) is 4.52. The Labute approximate surface area is 114 Å². The predicted molar refractivity (Wildman–Crippen MR) is 77.8 cm³/mol. The first-order valence-electron chi connectivity index (χ1n) is 6.20. The lowest BCUT2D eigenvalue weighted by Gasteiger charge is -2.09. The Balaban J connectivity index is 2.56. The minimum Gasteiger partial charge on any atom is -0.399 e. The van der Waals surface area contributed by atoms with Crippen LogP contribution in [0, 0.1) is 6.92 Å². The summed E-state index contributed by atoms with van der Waals surface area (Å²) < 4.78 is 23.0. The van der Waals surface area contributed by atoms with Crippen LogP contribution >= 0.6 is 0 Å². The summed E-state index contributed by atoms with van der Waals surface area (Å²) in [6.07, 6.45) is 0.549. The van der Waals surface area contributed by atoms with Crippen molar-refractivity contribution in [2.24, 2.45) is 0 Å². The average Bonchev–Trinajstić information content (AvgIpc) is 2.30. The second-order valence-corrected chi connectivity index (χ2v) is 6.83. The fourth-order valence-electron chi connectivity index (χ4n) is 1.70. The Hall–Kier alpha value is -1.56. The summed E-state index contributed by atoms with van der Waals surface area (Å²) >= 11 is 0. The molecule has 0 fully saturated rings. The van der Waals surface area contributed by atoms with E-state index in [4.69, 9.17) is 5.73 Å². The van der Waals surface area contributed by atoms with Gasteiger partial charge in [-0.2, -0.15) is 0 Å². The molecule has 5 nitrogen and oxygen atoms in total. The Morgan fingerprint density at radius 1 is 1.32 bits per heavy atom. The van der Waals surface area contributed by atoms with E-state index in [9.17, 15) is 13.2 Å². The molecule has 0 spiro atoms. The van der Waals surface area contributed by atoms with E-state index in [1.807, 2.05) is 6.92 Å². The molecule has 1 amide bonds. The number of nitrogen functional groups attached to an aromatic ring is 1. The minimum absolute atomic E-state index is 0.0217. The van der Waals surface area contributed by atoms with Crippen molar-refractivity contribution >= 4 is 27.1 Å². The van der Waals surface area contributed by atoms with Gasteiger partial charge >= 0.3 is 0 Å². The number of amides is 1. The van der Waals surface area contributed by atoms with Crippen molar-refractivity contribution in [2.45, 2.75) is 26.7 Å². The third-order valence-electron chi connectivity index (χ3n) is 2.68. The number of carbonyl (C=O) groups excluding carboxylic acids is 1. The van der Waals surface area contributed by atoms with E-state index in [-0.39, 0.29) is 23.8 Å². The fourth-order valence-corrected chi connectivity index (χ4v) is 3.02. The van der Waals surface area contributed by atoms with E-state index in [0.29, 0.717) is 17.8 Å². The summed E-state index contributed by atoms with van der Waals surface area (Å²) in [5.74, 6) is -0.283. The van der Waals surface area contributed by atoms with Gasteiger partial charge in [-0.05, 0) is 37.1 Å². The second kappa shape index (κ2) is 6.56. The summed E-state index contributed by atoms with van der Waals surface area (Å²) in [6.45, 7) is 3.63. The zero-order chi connectivity index (χ0) is 14.5. The van der Waals surface area contributed by atoms with Gasteiger partial charge in [0.25, 0.3) is 0 Å². The zero-order valence-corrected chi connectivity index (χ0v) is 12.1. The van der Waals surface area contributed by atoms with Gasteiger partial charge in [-0.25, -0.2) is 8.42 Å². The predicted octanol–water partition coefficient (Wildman–Crippen LogP) is 1.73. The molecule has 19 heavy (non-hydrogen) atoms. The first-order chi connectivity index (χ1) is 8.84. The van der Waals surface area contributed by atoms with Gasteiger partial charge in [0.2, 0.25) is 5.91 Å². The van der Waals surface area contributed by atoms with Gasteiger partial charge in [-0.15, -0.1) is 0 Å². The summed E-state index contributed by atoms with van der Waals surface area (Å²) in [5.41, 5.74) is 7.75. The average molecular weight is 284 g/mol. The van der Waals surface area contributed by atoms with Gasteiger partial charge in [0.05, 0.1) is 5.75 Å². The maximum Gasteiger partial charge on any atom is 0.225 e. The third kappa shape index (κ3) is 5.30. The first kappa shape index (κ1) is 15.5. The molecule has 0 unspecified atom stereocenters. The maximum atomic E-state index is 11.7. The van der Waals surface area contributed by atoms with Crippen LogP contribution in [0.3, 0.4) is 0 Å². The lowest BCUT2D eigenvalue weighted by Crippen LogP contribution is -2.19. The quantitative estimate of drug-likeness (QED) is 0.778. The molecule has 0 radical (unpaired) electrons. The molecule has 1 aromatic carbocycles. The van der Waals surface area contributed by atoms with Crippen molar-refractivity contribution in [1.82, 2.24) is 0 Å². The molecular weight excluding hydrogens is 264 g/mol. The SMILES string of the molecule is CCCS(=O)(=O)CCC(=O)Nc1ccc(N)cc1C. The number of sulfone groups is 1. The van der Waals surface area contributed by atoms with Crippen LogP contribution in [0.15, 0.2) is 18.2 Å². The van der Waals surface area contributed by atoms with Crippen LogP contribution in [-0.2, 0) is 14.6 Å². The number of anilines is 2. The molecule has 0 aliphatic carbocycles. The molecule has 0 aliphatic rings. The van der Waals surface area contributed by atoms with Gasteiger partial charge < -0.3 is 11.1 Å². The van der Waals surface area contributed by atoms with E-state index in [2.05, 4.69) is 5.32 Å². The van der Waals surface area contributed by atoms with Crippen molar-refractivity contribution < 1.29 is 13.2 Å². The highest BCUT2D eigenvalue weighted by Crippen LogP contribution is 2.17. The van der Waals surface area contributed by atoms with Crippen molar-refractivity contribution in [3.8, 4) is 0 Å². The van der Waals surface area contributed by atoms with E-state index >= 15 is 0 Å². The highest BCUT2D eigenvalue weighted by atomic mass is 32.2. The van der Waals surface area contributed by atoms with Crippen molar-refractivity contribution in [3.05, 3.63) is 23.8 Å². The smallest absolute Gasteiger partial charge is 0.225 e. The molecule has 6 heteroatoms. The Morgan fingerprint density at radius 3 is 2.58 bits per heavy atom. The largest absolute Gasteiger partial charge is 0.399 e. The molecule has 0 bridgehead atoms. The van der Waals surface area contributed by atoms with Crippen LogP contribution in [0.2, 0.25) is 0 Å². The third-order valence-corrected chi connectivity index (χ3v) is 4.54. The molecule has 0 atom stereocenters. The number of rotatable bonds is 6. The highest BCUT2D eigenvalue weighted by molar-refractivity contribution is 7.91. The van der Waals surface area contributed by atoms with Crippen LogP contribution in [0.5, 0.6) is 0 Å². The molecule has 0 heterocycles. The van der Waals surface area contributed by atoms with Crippen LogP contribution in [0.4, 0.5) is 11.4 Å². The van der Waals surface area contributed by atoms with Crippen molar-refractivity contribution in [1.29, 1.82) is 0 Å². The Bertz CT molecular complexity index is 553. The van der Waals surface area contributed by atoms with Gasteiger partial charge in [0, 0.05) is 23.5 Å². The monoisotopic (exact) mass is 284 g/mol. The number of nitrogens with one attached hydrogen (secondary N) is 1. The van der Waals surface area contributed by atoms with Crippen LogP contribution in [0.25, 0.3) is 0 Å². The number of carbonyl (C=O) groups is 1. The molecule has 0 aliphatic heterocycles. The van der Waals surface area contributed by atoms with E-state index in [0.717, 1.165) is 5.56 Å². The van der Waals surface area contributed by atoms with Gasteiger partial charge in [-0.1, -0.05) is 6.92 Å². The highest BCUT2D eigenvalue weighted by Gasteiger charge is 2.13. The molecule has 0 saturated carbocycles. The summed E-state index contributed by atoms with van der Waals surface area (Å²) in [5, 5.41) is 2.69. The van der Waals surface area contributed by atoms with E-state index < -0.39 is 9.84 Å². The molecule has 106 valence electrons. The van der Waals surface area contributed by atoms with Gasteiger partial charge in [0.15, 0.2) is 9.84 Å². The zero-order valence-electron chi connectivity index (χ0n) is 11.3. The van der Waals surface area contributed by atoms with Gasteiger partial charge in [-0.3, -0.25) is 4.79 Å². The lowest BCUT2D eigenvalue weighted by atomic mass is 10.2. The van der Waals surface area contributed by atoms with Gasteiger partial charge in [0.1, 0.15) is 0 Å². The van der Waals surface area contributed by atoms with Crippen molar-refractivity contribution in [2.75, 3.05) is 22.6 Å². The number of hydrogen-bond acceptors (Lipinski definition) is 4. The maximum absolute atomic E-state index is 11.7. The Morgan fingerprint density at radius 2 is 2.00 bits per heavy atom. The number of nitrogens with two attached hydrogens (primary N) is 1. The topological polar surface area (TPSA) is 89.3 Å². The van der Waals surface area contributed by atoms with Crippen LogP contribution in [-0.4, -0.2) is 25.8 Å². The molecular formula is C13H20N2O3S. The van der Waals surface area contributed by atoms with Crippen molar-refractivity contribution in [3.63, 3.8) is 0 Å². The normalized spacial score (nSPS) is 11.3. The number of aryl methyl sites for hydroxylation is 1. The molecule has 3 N–H and O–H groups in total. The number of benzene rings is 1. The summed E-state index contributed by atoms with van der Waals surface area (Å²) in [4.78, 5) is 11.7. The van der Waals surface area contributed by atoms with E-state index in [1.165, 1.54) is 0 Å². The molecule has 0 aromatic heterocycles. The first-order valence-corrected chi connectivity index (χ1v) is 8.02. The lowest BCUT2D eigenvalue weighted by molar-refractivity contribution is -0.115. The molecule has 0 saturated heterocycles. The van der Waals surface area contributed by atoms with Crippen LogP contribution in [0.1, 0.15) is 25.3 Å².